The number of rotatable bonds is 10. The van der Waals surface area contributed by atoms with Crippen LogP contribution in [0.15, 0.2) is 84.1 Å². The number of amides is 1. The largest absolute Gasteiger partial charge is 0.486 e. The average molecular weight is 617 g/mol. The molecule has 7 nitrogen and oxygen atoms in total. The highest BCUT2D eigenvalue weighted by Gasteiger charge is 2.17. The molecule has 0 bridgehead atoms. The number of hydrogen-bond donors (Lipinski definition) is 1. The molecule has 1 N–H and O–H groups in total. The van der Waals surface area contributed by atoms with Gasteiger partial charge in [-0.25, -0.2) is 4.98 Å². The molecule has 0 fully saturated rings. The van der Waals surface area contributed by atoms with Crippen molar-refractivity contribution >= 4 is 68.9 Å². The van der Waals surface area contributed by atoms with Crippen LogP contribution in [0.25, 0.3) is 5.69 Å². The van der Waals surface area contributed by atoms with E-state index >= 15 is 0 Å². The fraction of sp³-hybridized carbons (Fsp3) is 0.111. The number of nitrogens with zero attached hydrogens (tertiary/aromatic N) is 4. The summed E-state index contributed by atoms with van der Waals surface area (Å²) in [5, 5.41) is 14.4. The maximum atomic E-state index is 12.7. The molecule has 2 aromatic heterocycles. The zero-order valence-corrected chi connectivity index (χ0v) is 24.1. The number of thiazole rings is 1. The molecule has 3 aromatic carbocycles. The Morgan fingerprint density at radius 2 is 1.74 bits per heavy atom. The fourth-order valence-electron chi connectivity index (χ4n) is 3.59. The predicted octanol–water partition coefficient (Wildman–Crippen LogP) is 7.58. The number of halogens is 3. The van der Waals surface area contributed by atoms with Gasteiger partial charge in [-0.15, -0.1) is 21.5 Å². The Labute approximate surface area is 248 Å². The summed E-state index contributed by atoms with van der Waals surface area (Å²) in [7, 11) is 0. The summed E-state index contributed by atoms with van der Waals surface area (Å²) in [6, 6.07) is 22.2. The van der Waals surface area contributed by atoms with Gasteiger partial charge in [-0.3, -0.25) is 9.36 Å². The van der Waals surface area contributed by atoms with Gasteiger partial charge in [0.25, 0.3) is 0 Å². The highest BCUT2D eigenvalue weighted by atomic mass is 35.5. The standard InChI is InChI=1S/C27H20Cl3N5O2S2/c28-18-8-10-21(11-9-18)37-15-24-33-34-27(35(24)20-4-2-1-3-5-20)38-16-25(36)32-26-31-14-22(39-26)12-17-6-7-19(29)13-23(17)30/h1-11,13-14H,12,15-16H2,(H,31,32,36). The van der Waals surface area contributed by atoms with Gasteiger partial charge in [-0.05, 0) is 54.1 Å². The lowest BCUT2D eigenvalue weighted by Gasteiger charge is -2.11. The molecule has 5 rings (SSSR count). The van der Waals surface area contributed by atoms with Gasteiger partial charge in [0.1, 0.15) is 12.4 Å². The molecular weight excluding hydrogens is 597 g/mol. The fourth-order valence-corrected chi connectivity index (χ4v) is 5.81. The van der Waals surface area contributed by atoms with Crippen molar-refractivity contribution in [3.63, 3.8) is 0 Å². The minimum absolute atomic E-state index is 0.126. The molecular formula is C27H20Cl3N5O2S2. The third kappa shape index (κ3) is 7.32. The molecule has 39 heavy (non-hydrogen) atoms. The van der Waals surface area contributed by atoms with E-state index in [1.807, 2.05) is 41.0 Å². The summed E-state index contributed by atoms with van der Waals surface area (Å²) in [4.78, 5) is 18.0. The normalized spacial score (nSPS) is 10.9. The molecule has 0 aliphatic rings. The Balaban J connectivity index is 1.23. The number of carbonyl (C=O) groups excluding carboxylic acids is 1. The van der Waals surface area contributed by atoms with E-state index in [1.165, 1.54) is 23.1 Å². The lowest BCUT2D eigenvalue weighted by molar-refractivity contribution is -0.113. The zero-order chi connectivity index (χ0) is 27.2. The number of hydrogen-bond acceptors (Lipinski definition) is 7. The summed E-state index contributed by atoms with van der Waals surface area (Å²) in [6.07, 6.45) is 2.33. The number of aromatic nitrogens is 4. The first-order chi connectivity index (χ1) is 18.9. The summed E-state index contributed by atoms with van der Waals surface area (Å²) < 4.78 is 7.77. The first kappa shape index (κ1) is 27.5. The monoisotopic (exact) mass is 615 g/mol. The maximum Gasteiger partial charge on any atom is 0.236 e. The van der Waals surface area contributed by atoms with Crippen LogP contribution in [0.5, 0.6) is 5.75 Å². The quantitative estimate of drug-likeness (QED) is 0.163. The van der Waals surface area contributed by atoms with Crippen LogP contribution in [0.3, 0.4) is 0 Å². The van der Waals surface area contributed by atoms with E-state index in [-0.39, 0.29) is 18.3 Å². The number of para-hydroxylation sites is 1. The van der Waals surface area contributed by atoms with Crippen LogP contribution in [-0.4, -0.2) is 31.4 Å². The van der Waals surface area contributed by atoms with Crippen molar-refractivity contribution in [1.29, 1.82) is 0 Å². The van der Waals surface area contributed by atoms with E-state index in [4.69, 9.17) is 39.5 Å². The second kappa shape index (κ2) is 12.8. The summed E-state index contributed by atoms with van der Waals surface area (Å²) in [5.74, 6) is 1.19. The Kier molecular flexibility index (Phi) is 9.06. The van der Waals surface area contributed by atoms with Gasteiger partial charge in [-0.2, -0.15) is 0 Å². The zero-order valence-electron chi connectivity index (χ0n) is 20.2. The first-order valence-electron chi connectivity index (χ1n) is 11.6. The minimum atomic E-state index is -0.202. The van der Waals surface area contributed by atoms with E-state index < -0.39 is 0 Å². The van der Waals surface area contributed by atoms with Crippen LogP contribution in [0.4, 0.5) is 5.13 Å². The van der Waals surface area contributed by atoms with E-state index in [0.29, 0.717) is 43.4 Å². The Bertz CT molecular complexity index is 1580. The number of benzene rings is 3. The topological polar surface area (TPSA) is 81.9 Å². The number of carbonyl (C=O) groups is 1. The van der Waals surface area contributed by atoms with Crippen LogP contribution >= 0.6 is 57.9 Å². The van der Waals surface area contributed by atoms with Crippen LogP contribution in [0.2, 0.25) is 15.1 Å². The summed E-state index contributed by atoms with van der Waals surface area (Å²) in [5.41, 5.74) is 1.81. The van der Waals surface area contributed by atoms with Gasteiger partial charge in [0.05, 0.1) is 5.75 Å². The molecule has 0 aliphatic carbocycles. The lowest BCUT2D eigenvalue weighted by Crippen LogP contribution is -2.14. The van der Waals surface area contributed by atoms with Crippen molar-refractivity contribution in [2.75, 3.05) is 11.1 Å². The molecule has 0 radical (unpaired) electrons. The van der Waals surface area contributed by atoms with Crippen molar-refractivity contribution in [2.45, 2.75) is 18.2 Å². The molecule has 5 aromatic rings. The second-order valence-electron chi connectivity index (χ2n) is 8.19. The smallest absolute Gasteiger partial charge is 0.236 e. The van der Waals surface area contributed by atoms with Crippen LogP contribution < -0.4 is 10.1 Å². The van der Waals surface area contributed by atoms with Gasteiger partial charge in [0.15, 0.2) is 16.1 Å². The molecule has 198 valence electrons. The predicted molar refractivity (Wildman–Crippen MR) is 158 cm³/mol. The van der Waals surface area contributed by atoms with Crippen molar-refractivity contribution in [3.8, 4) is 11.4 Å². The molecule has 0 unspecified atom stereocenters. The molecule has 0 aliphatic heterocycles. The van der Waals surface area contributed by atoms with Crippen LogP contribution in [-0.2, 0) is 17.8 Å². The Morgan fingerprint density at radius 3 is 2.51 bits per heavy atom. The Hall–Kier alpha value is -3.08. The molecule has 2 heterocycles. The molecule has 12 heteroatoms. The number of ether oxygens (including phenoxy) is 1. The molecule has 0 spiro atoms. The van der Waals surface area contributed by atoms with Crippen molar-refractivity contribution in [2.24, 2.45) is 0 Å². The van der Waals surface area contributed by atoms with Crippen molar-refractivity contribution in [3.05, 3.63) is 110 Å². The summed E-state index contributed by atoms with van der Waals surface area (Å²) >= 11 is 20.9. The maximum absolute atomic E-state index is 12.7. The molecule has 0 saturated carbocycles. The summed E-state index contributed by atoms with van der Waals surface area (Å²) in [6.45, 7) is 0.190. The van der Waals surface area contributed by atoms with Gasteiger partial charge < -0.3 is 10.1 Å². The van der Waals surface area contributed by atoms with Crippen molar-refractivity contribution < 1.29 is 9.53 Å². The highest BCUT2D eigenvalue weighted by Crippen LogP contribution is 2.28. The van der Waals surface area contributed by atoms with Gasteiger partial charge in [0.2, 0.25) is 5.91 Å². The van der Waals surface area contributed by atoms with E-state index in [9.17, 15) is 4.79 Å². The van der Waals surface area contributed by atoms with Crippen molar-refractivity contribution in [1.82, 2.24) is 19.7 Å². The number of nitrogens with one attached hydrogen (secondary N) is 1. The average Bonchev–Trinajstić information content (AvgIpc) is 3.55. The minimum Gasteiger partial charge on any atom is -0.486 e. The lowest BCUT2D eigenvalue weighted by atomic mass is 10.1. The molecule has 0 saturated heterocycles. The van der Waals surface area contributed by atoms with Gasteiger partial charge in [0, 0.05) is 38.3 Å². The molecule has 0 atom stereocenters. The van der Waals surface area contributed by atoms with Gasteiger partial charge >= 0.3 is 0 Å². The van der Waals surface area contributed by atoms with E-state index in [2.05, 4.69) is 20.5 Å². The van der Waals surface area contributed by atoms with E-state index in [0.717, 1.165) is 16.1 Å². The van der Waals surface area contributed by atoms with Crippen LogP contribution in [0.1, 0.15) is 16.3 Å². The van der Waals surface area contributed by atoms with Gasteiger partial charge in [-0.1, -0.05) is 70.8 Å². The third-order valence-corrected chi connectivity index (χ3v) is 8.09. The van der Waals surface area contributed by atoms with E-state index in [1.54, 1.807) is 42.6 Å². The Morgan fingerprint density at radius 1 is 0.974 bits per heavy atom. The number of anilines is 1. The molecule has 1 amide bonds. The van der Waals surface area contributed by atoms with Crippen LogP contribution in [0, 0.1) is 0 Å². The SMILES string of the molecule is O=C(CSc1nnc(COc2ccc(Cl)cc2)n1-c1ccccc1)Nc1ncc(Cc2ccc(Cl)cc2Cl)s1. The first-order valence-corrected chi connectivity index (χ1v) is 14.6. The second-order valence-corrected chi connectivity index (χ2v) is 11.5. The highest BCUT2D eigenvalue weighted by molar-refractivity contribution is 7.99. The third-order valence-electron chi connectivity index (χ3n) is 5.41. The number of thioether (sulfide) groups is 1.